The number of H-pyrrole nitrogens is 1. The summed E-state index contributed by atoms with van der Waals surface area (Å²) in [6, 6.07) is 16.4. The lowest BCUT2D eigenvalue weighted by Crippen LogP contribution is -2.38. The number of benzene rings is 2. The van der Waals surface area contributed by atoms with E-state index >= 15 is 0 Å². The van der Waals surface area contributed by atoms with Gasteiger partial charge in [-0.05, 0) is 36.2 Å². The van der Waals surface area contributed by atoms with E-state index in [9.17, 15) is 4.79 Å². The zero-order valence-electron chi connectivity index (χ0n) is 13.4. The highest BCUT2D eigenvalue weighted by atomic mass is 16.5. The third-order valence-electron chi connectivity index (χ3n) is 5.13. The van der Waals surface area contributed by atoms with Crippen LogP contribution in [-0.4, -0.2) is 16.9 Å². The molecule has 4 heteroatoms. The minimum absolute atomic E-state index is 0.0261. The van der Waals surface area contributed by atoms with E-state index in [4.69, 9.17) is 4.74 Å². The molecule has 0 radical (unpaired) electrons. The van der Waals surface area contributed by atoms with Crippen molar-refractivity contribution in [2.24, 2.45) is 0 Å². The third kappa shape index (κ3) is 2.00. The third-order valence-corrected chi connectivity index (χ3v) is 5.13. The van der Waals surface area contributed by atoms with E-state index in [1.54, 1.807) is 0 Å². The summed E-state index contributed by atoms with van der Waals surface area (Å²) in [5.74, 6) is -0.0671. The van der Waals surface area contributed by atoms with Crippen LogP contribution in [0.5, 0.6) is 0 Å². The average molecular weight is 318 g/mol. The largest absolute Gasteiger partial charge is 0.363 e. The molecule has 3 aromatic rings. The molecule has 0 aliphatic carbocycles. The second-order valence-corrected chi connectivity index (χ2v) is 6.76. The first-order valence-electron chi connectivity index (χ1n) is 8.33. The summed E-state index contributed by atoms with van der Waals surface area (Å²) >= 11 is 0. The van der Waals surface area contributed by atoms with Gasteiger partial charge in [0.2, 0.25) is 0 Å². The molecule has 3 atom stereocenters. The molecule has 1 amide bonds. The zero-order valence-corrected chi connectivity index (χ0v) is 13.4. The Labute approximate surface area is 139 Å². The number of aryl methyl sites for hydroxylation is 1. The molecule has 4 nitrogen and oxygen atoms in total. The second kappa shape index (κ2) is 4.95. The minimum Gasteiger partial charge on any atom is -0.363 e. The number of carbonyl (C=O) groups excluding carboxylic acids is 1. The number of ether oxygens (including phenoxy) is 1. The molecule has 2 aliphatic heterocycles. The summed E-state index contributed by atoms with van der Waals surface area (Å²) < 4.78 is 6.04. The summed E-state index contributed by atoms with van der Waals surface area (Å²) in [5, 5.41) is 4.21. The number of hydrogen-bond acceptors (Lipinski definition) is 2. The summed E-state index contributed by atoms with van der Waals surface area (Å²) in [4.78, 5) is 15.9. The average Bonchev–Trinajstić information content (AvgIpc) is 3.27. The van der Waals surface area contributed by atoms with Gasteiger partial charge < -0.3 is 15.0 Å². The molecular weight excluding hydrogens is 300 g/mol. The maximum absolute atomic E-state index is 12.6. The van der Waals surface area contributed by atoms with Crippen LogP contribution in [0, 0.1) is 6.92 Å². The molecule has 1 saturated heterocycles. The number of rotatable bonds is 2. The van der Waals surface area contributed by atoms with Gasteiger partial charge in [0, 0.05) is 17.3 Å². The Bertz CT molecular complexity index is 959. The normalized spacial score (nSPS) is 24.3. The van der Waals surface area contributed by atoms with Crippen molar-refractivity contribution >= 4 is 16.8 Å². The van der Waals surface area contributed by atoms with E-state index < -0.39 is 0 Å². The molecule has 2 aromatic carbocycles. The lowest BCUT2D eigenvalue weighted by molar-refractivity contribution is 0.0621. The van der Waals surface area contributed by atoms with Gasteiger partial charge in [0.1, 0.15) is 11.8 Å². The molecule has 2 N–H and O–H groups in total. The Morgan fingerprint density at radius 1 is 1.17 bits per heavy atom. The predicted molar refractivity (Wildman–Crippen MR) is 91.9 cm³/mol. The first kappa shape index (κ1) is 13.8. The monoisotopic (exact) mass is 318 g/mol. The maximum Gasteiger partial charge on any atom is 0.268 e. The minimum atomic E-state index is -0.0671. The maximum atomic E-state index is 12.6. The number of aromatic nitrogens is 1. The van der Waals surface area contributed by atoms with Crippen molar-refractivity contribution in [1.82, 2.24) is 10.3 Å². The molecule has 0 spiro atoms. The van der Waals surface area contributed by atoms with Gasteiger partial charge in [-0.2, -0.15) is 0 Å². The molecule has 24 heavy (non-hydrogen) atoms. The lowest BCUT2D eigenvalue weighted by Gasteiger charge is -2.22. The van der Waals surface area contributed by atoms with Crippen LogP contribution in [0.25, 0.3) is 10.9 Å². The Hall–Kier alpha value is -2.59. The summed E-state index contributed by atoms with van der Waals surface area (Å²) in [7, 11) is 0. The highest BCUT2D eigenvalue weighted by molar-refractivity contribution is 5.98. The molecule has 0 saturated carbocycles. The predicted octanol–water partition coefficient (Wildman–Crippen LogP) is 3.79. The van der Waals surface area contributed by atoms with Crippen LogP contribution in [0.1, 0.15) is 45.8 Å². The summed E-state index contributed by atoms with van der Waals surface area (Å²) in [5.41, 5.74) is 5.26. The fourth-order valence-electron chi connectivity index (χ4n) is 3.99. The number of hydrogen-bond donors (Lipinski definition) is 2. The SMILES string of the molecule is Cc1ccc2[nH]c(C(=O)NC3CC4OC3c3ccccc34)cc2c1. The lowest BCUT2D eigenvalue weighted by atomic mass is 9.88. The number of carbonyl (C=O) groups is 1. The number of nitrogens with one attached hydrogen (secondary N) is 2. The highest BCUT2D eigenvalue weighted by Crippen LogP contribution is 2.50. The van der Waals surface area contributed by atoms with Gasteiger partial charge in [0.05, 0.1) is 12.1 Å². The van der Waals surface area contributed by atoms with Gasteiger partial charge in [0.25, 0.3) is 5.91 Å². The Balaban J connectivity index is 1.39. The van der Waals surface area contributed by atoms with E-state index in [1.165, 1.54) is 16.7 Å². The van der Waals surface area contributed by atoms with E-state index in [-0.39, 0.29) is 24.2 Å². The molecule has 1 aromatic heterocycles. The summed E-state index contributed by atoms with van der Waals surface area (Å²) in [6.45, 7) is 2.05. The van der Waals surface area contributed by atoms with Crippen molar-refractivity contribution in [3.63, 3.8) is 0 Å². The van der Waals surface area contributed by atoms with Gasteiger partial charge in [-0.25, -0.2) is 0 Å². The van der Waals surface area contributed by atoms with Crippen molar-refractivity contribution in [3.05, 3.63) is 70.9 Å². The van der Waals surface area contributed by atoms with Crippen molar-refractivity contribution < 1.29 is 9.53 Å². The molecule has 2 bridgehead atoms. The van der Waals surface area contributed by atoms with E-state index in [2.05, 4.69) is 35.4 Å². The zero-order chi connectivity index (χ0) is 16.3. The van der Waals surface area contributed by atoms with Gasteiger partial charge >= 0.3 is 0 Å². The molecule has 5 rings (SSSR count). The Morgan fingerprint density at radius 3 is 2.88 bits per heavy atom. The van der Waals surface area contributed by atoms with Crippen molar-refractivity contribution in [2.45, 2.75) is 31.6 Å². The van der Waals surface area contributed by atoms with Crippen LogP contribution in [0.3, 0.4) is 0 Å². The number of aromatic amines is 1. The Morgan fingerprint density at radius 2 is 2.00 bits per heavy atom. The second-order valence-electron chi connectivity index (χ2n) is 6.76. The molecule has 3 unspecified atom stereocenters. The van der Waals surface area contributed by atoms with Gasteiger partial charge in [0.15, 0.2) is 0 Å². The fraction of sp³-hybridized carbons (Fsp3) is 0.250. The van der Waals surface area contributed by atoms with Gasteiger partial charge in [-0.3, -0.25) is 4.79 Å². The number of amides is 1. The van der Waals surface area contributed by atoms with Crippen LogP contribution < -0.4 is 5.32 Å². The Kier molecular flexibility index (Phi) is 2.85. The van der Waals surface area contributed by atoms with E-state index in [0.29, 0.717) is 5.69 Å². The first-order valence-corrected chi connectivity index (χ1v) is 8.33. The standard InChI is InChI=1S/C20H18N2O2/c1-11-6-7-15-12(8-11)9-17(21-15)20(23)22-16-10-18-13-4-2-3-5-14(13)19(16)24-18/h2-9,16,18-19,21H,10H2,1H3,(H,22,23). The van der Waals surface area contributed by atoms with Crippen molar-refractivity contribution in [2.75, 3.05) is 0 Å². The molecule has 1 fully saturated rings. The summed E-state index contributed by atoms with van der Waals surface area (Å²) in [6.07, 6.45) is 0.927. The molecular formula is C20H18N2O2. The molecule has 120 valence electrons. The van der Waals surface area contributed by atoms with Crippen LogP contribution in [0.2, 0.25) is 0 Å². The highest BCUT2D eigenvalue weighted by Gasteiger charge is 2.45. The molecule has 2 aliphatic rings. The fourth-order valence-corrected chi connectivity index (χ4v) is 3.99. The smallest absolute Gasteiger partial charge is 0.268 e. The van der Waals surface area contributed by atoms with Crippen LogP contribution >= 0.6 is 0 Å². The van der Waals surface area contributed by atoms with Crippen molar-refractivity contribution in [3.8, 4) is 0 Å². The van der Waals surface area contributed by atoms with E-state index in [0.717, 1.165) is 17.3 Å². The first-order chi connectivity index (χ1) is 11.7. The van der Waals surface area contributed by atoms with Crippen LogP contribution in [0.4, 0.5) is 0 Å². The van der Waals surface area contributed by atoms with Gasteiger partial charge in [-0.15, -0.1) is 0 Å². The van der Waals surface area contributed by atoms with E-state index in [1.807, 2.05) is 30.3 Å². The van der Waals surface area contributed by atoms with Crippen molar-refractivity contribution in [1.29, 1.82) is 0 Å². The topological polar surface area (TPSA) is 54.1 Å². The van der Waals surface area contributed by atoms with Crippen LogP contribution in [-0.2, 0) is 4.74 Å². The van der Waals surface area contributed by atoms with Crippen LogP contribution in [0.15, 0.2) is 48.5 Å². The van der Waals surface area contributed by atoms with Gasteiger partial charge in [-0.1, -0.05) is 35.9 Å². The quantitative estimate of drug-likeness (QED) is 0.755. The number of fused-ring (bicyclic) bond motifs is 6. The molecule has 3 heterocycles.